The van der Waals surface area contributed by atoms with E-state index >= 15 is 0 Å². The molecule has 1 N–H and O–H groups in total. The number of hydrogen-bond donors (Lipinski definition) is 1. The van der Waals surface area contributed by atoms with E-state index in [-0.39, 0.29) is 5.91 Å². The molecule has 0 aliphatic carbocycles. The molecule has 128 valence electrons. The standard InChI is InChI=1S/C21H17N3O2/c1-13-5-10-17(14(2)12-13)20(25)23-16-8-6-15(7-9-16)21-24-19-18(26-21)4-3-11-22-19/h3-12H,1-2H3,(H,23,25). The van der Waals surface area contributed by atoms with Gasteiger partial charge in [0.15, 0.2) is 11.2 Å². The summed E-state index contributed by atoms with van der Waals surface area (Å²) in [7, 11) is 0. The quantitative estimate of drug-likeness (QED) is 0.582. The van der Waals surface area contributed by atoms with Crippen LogP contribution in [0.4, 0.5) is 5.69 Å². The monoisotopic (exact) mass is 343 g/mol. The van der Waals surface area contributed by atoms with E-state index in [0.717, 1.165) is 16.7 Å². The van der Waals surface area contributed by atoms with Crippen molar-refractivity contribution in [3.05, 3.63) is 77.5 Å². The second-order valence-corrected chi connectivity index (χ2v) is 6.19. The Bertz CT molecular complexity index is 1060. The molecule has 26 heavy (non-hydrogen) atoms. The number of oxazole rings is 1. The van der Waals surface area contributed by atoms with Crippen molar-refractivity contribution in [2.24, 2.45) is 0 Å². The van der Waals surface area contributed by atoms with Crippen LogP contribution in [0.15, 0.2) is 65.2 Å². The van der Waals surface area contributed by atoms with Gasteiger partial charge in [0.25, 0.3) is 5.91 Å². The Kier molecular flexibility index (Phi) is 3.97. The second-order valence-electron chi connectivity index (χ2n) is 6.19. The number of hydrogen-bond acceptors (Lipinski definition) is 4. The van der Waals surface area contributed by atoms with Gasteiger partial charge in [0.05, 0.1) is 0 Å². The first-order valence-corrected chi connectivity index (χ1v) is 8.31. The van der Waals surface area contributed by atoms with E-state index in [9.17, 15) is 4.79 Å². The molecule has 2 aromatic heterocycles. The number of nitrogens with zero attached hydrogens (tertiary/aromatic N) is 2. The van der Waals surface area contributed by atoms with Crippen LogP contribution < -0.4 is 5.32 Å². The first kappa shape index (κ1) is 16.0. The van der Waals surface area contributed by atoms with Crippen LogP contribution in [-0.2, 0) is 0 Å². The molecule has 0 aliphatic rings. The Balaban J connectivity index is 1.55. The van der Waals surface area contributed by atoms with Crippen molar-refractivity contribution in [2.75, 3.05) is 5.32 Å². The van der Waals surface area contributed by atoms with Gasteiger partial charge in [-0.1, -0.05) is 17.7 Å². The van der Waals surface area contributed by atoms with E-state index < -0.39 is 0 Å². The van der Waals surface area contributed by atoms with Crippen molar-refractivity contribution in [1.82, 2.24) is 9.97 Å². The third kappa shape index (κ3) is 3.07. The van der Waals surface area contributed by atoms with Crippen molar-refractivity contribution < 1.29 is 9.21 Å². The Hall–Kier alpha value is -3.47. The Morgan fingerprint density at radius 3 is 2.58 bits per heavy atom. The number of nitrogens with one attached hydrogen (secondary N) is 1. The summed E-state index contributed by atoms with van der Waals surface area (Å²) < 4.78 is 5.71. The lowest BCUT2D eigenvalue weighted by Gasteiger charge is -2.08. The summed E-state index contributed by atoms with van der Waals surface area (Å²) in [6, 6.07) is 16.8. The Morgan fingerprint density at radius 2 is 1.85 bits per heavy atom. The average molecular weight is 343 g/mol. The minimum Gasteiger partial charge on any atom is -0.434 e. The number of carbonyl (C=O) groups is 1. The van der Waals surface area contributed by atoms with E-state index in [4.69, 9.17) is 4.42 Å². The van der Waals surface area contributed by atoms with Gasteiger partial charge in [-0.25, -0.2) is 4.98 Å². The lowest BCUT2D eigenvalue weighted by atomic mass is 10.1. The fraction of sp³-hybridized carbons (Fsp3) is 0.0952. The molecule has 4 aromatic rings. The summed E-state index contributed by atoms with van der Waals surface area (Å²) in [6.07, 6.45) is 1.68. The molecule has 0 saturated carbocycles. The fourth-order valence-corrected chi connectivity index (χ4v) is 2.86. The van der Waals surface area contributed by atoms with E-state index in [0.29, 0.717) is 28.4 Å². The highest BCUT2D eigenvalue weighted by molar-refractivity contribution is 6.05. The molecule has 0 radical (unpaired) electrons. The van der Waals surface area contributed by atoms with Crippen LogP contribution in [0.2, 0.25) is 0 Å². The van der Waals surface area contributed by atoms with Crippen molar-refractivity contribution in [2.45, 2.75) is 13.8 Å². The normalized spacial score (nSPS) is 10.8. The lowest BCUT2D eigenvalue weighted by Crippen LogP contribution is -2.13. The number of benzene rings is 2. The molecule has 0 unspecified atom stereocenters. The van der Waals surface area contributed by atoms with Crippen LogP contribution in [0.1, 0.15) is 21.5 Å². The zero-order chi connectivity index (χ0) is 18.1. The number of carbonyl (C=O) groups excluding carboxylic acids is 1. The van der Waals surface area contributed by atoms with Gasteiger partial charge in [0.2, 0.25) is 5.89 Å². The summed E-state index contributed by atoms with van der Waals surface area (Å²) in [4.78, 5) is 21.0. The van der Waals surface area contributed by atoms with Gasteiger partial charge in [0.1, 0.15) is 0 Å². The van der Waals surface area contributed by atoms with E-state index in [1.165, 1.54) is 0 Å². The minimum atomic E-state index is -0.124. The van der Waals surface area contributed by atoms with Crippen LogP contribution in [-0.4, -0.2) is 15.9 Å². The zero-order valence-corrected chi connectivity index (χ0v) is 14.5. The Morgan fingerprint density at radius 1 is 1.04 bits per heavy atom. The SMILES string of the molecule is Cc1ccc(C(=O)Nc2ccc(-c3nc4ncccc4o3)cc2)c(C)c1. The van der Waals surface area contributed by atoms with Crippen molar-refractivity contribution in [3.8, 4) is 11.5 Å². The smallest absolute Gasteiger partial charge is 0.255 e. The molecule has 5 nitrogen and oxygen atoms in total. The molecule has 0 atom stereocenters. The number of aromatic nitrogens is 2. The molecule has 2 aromatic carbocycles. The maximum absolute atomic E-state index is 12.5. The van der Waals surface area contributed by atoms with E-state index in [1.54, 1.807) is 6.20 Å². The van der Waals surface area contributed by atoms with Crippen LogP contribution in [0.3, 0.4) is 0 Å². The van der Waals surface area contributed by atoms with Gasteiger partial charge >= 0.3 is 0 Å². The molecule has 0 saturated heterocycles. The highest BCUT2D eigenvalue weighted by Gasteiger charge is 2.11. The molecule has 2 heterocycles. The van der Waals surface area contributed by atoms with Crippen LogP contribution in [0.5, 0.6) is 0 Å². The zero-order valence-electron chi connectivity index (χ0n) is 14.5. The second kappa shape index (κ2) is 6.44. The van der Waals surface area contributed by atoms with Crippen molar-refractivity contribution in [3.63, 3.8) is 0 Å². The first-order chi connectivity index (χ1) is 12.6. The molecule has 0 spiro atoms. The summed E-state index contributed by atoms with van der Waals surface area (Å²) in [5.41, 5.74) is 5.53. The Labute approximate surface area is 150 Å². The van der Waals surface area contributed by atoms with Crippen LogP contribution in [0.25, 0.3) is 22.7 Å². The van der Waals surface area contributed by atoms with Crippen molar-refractivity contribution >= 4 is 22.8 Å². The number of amides is 1. The van der Waals surface area contributed by atoms with E-state index in [1.807, 2.05) is 68.4 Å². The summed E-state index contributed by atoms with van der Waals surface area (Å²) >= 11 is 0. The number of rotatable bonds is 3. The molecule has 1 amide bonds. The number of fused-ring (bicyclic) bond motifs is 1. The molecular formula is C21H17N3O2. The van der Waals surface area contributed by atoms with Crippen molar-refractivity contribution in [1.29, 1.82) is 0 Å². The van der Waals surface area contributed by atoms with Crippen LogP contribution >= 0.6 is 0 Å². The molecule has 0 aliphatic heterocycles. The van der Waals surface area contributed by atoms with Gasteiger partial charge in [-0.15, -0.1) is 0 Å². The first-order valence-electron chi connectivity index (χ1n) is 8.31. The number of anilines is 1. The third-order valence-electron chi connectivity index (χ3n) is 4.18. The summed E-state index contributed by atoms with van der Waals surface area (Å²) in [5.74, 6) is 0.382. The molecule has 0 bridgehead atoms. The van der Waals surface area contributed by atoms with Gasteiger partial charge in [0, 0.05) is 23.0 Å². The van der Waals surface area contributed by atoms with Gasteiger partial charge in [-0.3, -0.25) is 4.79 Å². The lowest BCUT2D eigenvalue weighted by molar-refractivity contribution is 0.102. The average Bonchev–Trinajstić information content (AvgIpc) is 3.06. The molecule has 5 heteroatoms. The largest absolute Gasteiger partial charge is 0.434 e. The van der Waals surface area contributed by atoms with Gasteiger partial charge in [-0.05, 0) is 61.9 Å². The topological polar surface area (TPSA) is 68.0 Å². The maximum Gasteiger partial charge on any atom is 0.255 e. The van der Waals surface area contributed by atoms with Crippen LogP contribution in [0, 0.1) is 13.8 Å². The highest BCUT2D eigenvalue weighted by Crippen LogP contribution is 2.24. The maximum atomic E-state index is 12.5. The minimum absolute atomic E-state index is 0.124. The predicted molar refractivity (Wildman–Crippen MR) is 101 cm³/mol. The third-order valence-corrected chi connectivity index (χ3v) is 4.18. The van der Waals surface area contributed by atoms with E-state index in [2.05, 4.69) is 15.3 Å². The highest BCUT2D eigenvalue weighted by atomic mass is 16.3. The molecule has 0 fully saturated rings. The van der Waals surface area contributed by atoms with Gasteiger partial charge < -0.3 is 9.73 Å². The summed E-state index contributed by atoms with van der Waals surface area (Å²) in [5, 5.41) is 2.92. The fourth-order valence-electron chi connectivity index (χ4n) is 2.86. The summed E-state index contributed by atoms with van der Waals surface area (Å²) in [6.45, 7) is 3.95. The predicted octanol–water partition coefficient (Wildman–Crippen LogP) is 4.76. The van der Waals surface area contributed by atoms with Gasteiger partial charge in [-0.2, -0.15) is 4.98 Å². The number of pyridine rings is 1. The number of aryl methyl sites for hydroxylation is 2. The molecule has 4 rings (SSSR count). The molecular weight excluding hydrogens is 326 g/mol.